The molecule has 0 atom stereocenters. The van der Waals surface area contributed by atoms with Crippen LogP contribution in [0.3, 0.4) is 0 Å². The SMILES string of the molecule is C/C=C/C=C/C(=O)Nc1ccc(F)c(S(=O)(=O)N2CCOCC2)c1. The van der Waals surface area contributed by atoms with E-state index < -0.39 is 26.6 Å². The molecule has 1 aromatic rings. The summed E-state index contributed by atoms with van der Waals surface area (Å²) >= 11 is 0. The fourth-order valence-electron chi connectivity index (χ4n) is 2.14. The van der Waals surface area contributed by atoms with Crippen molar-refractivity contribution in [1.82, 2.24) is 4.31 Å². The van der Waals surface area contributed by atoms with Crippen molar-refractivity contribution in [2.75, 3.05) is 31.6 Å². The largest absolute Gasteiger partial charge is 0.379 e. The van der Waals surface area contributed by atoms with Gasteiger partial charge in [-0.2, -0.15) is 4.31 Å². The normalized spacial score (nSPS) is 16.8. The molecule has 24 heavy (non-hydrogen) atoms. The number of allylic oxidation sites excluding steroid dienone is 3. The number of halogens is 1. The van der Waals surface area contributed by atoms with Crippen molar-refractivity contribution in [3.63, 3.8) is 0 Å². The predicted octanol–water partition coefficient (Wildman–Crippen LogP) is 1.92. The molecule has 0 bridgehead atoms. The van der Waals surface area contributed by atoms with Crippen LogP contribution >= 0.6 is 0 Å². The van der Waals surface area contributed by atoms with E-state index in [9.17, 15) is 17.6 Å². The van der Waals surface area contributed by atoms with Crippen molar-refractivity contribution in [3.05, 3.63) is 48.3 Å². The molecule has 1 fully saturated rings. The van der Waals surface area contributed by atoms with E-state index in [1.165, 1.54) is 16.4 Å². The van der Waals surface area contributed by atoms with Crippen LogP contribution in [0.2, 0.25) is 0 Å². The fraction of sp³-hybridized carbons (Fsp3) is 0.312. The van der Waals surface area contributed by atoms with Gasteiger partial charge in [0.1, 0.15) is 10.7 Å². The van der Waals surface area contributed by atoms with Crippen LogP contribution in [0.1, 0.15) is 6.92 Å². The highest BCUT2D eigenvalue weighted by Crippen LogP contribution is 2.23. The number of anilines is 1. The topological polar surface area (TPSA) is 75.7 Å². The molecule has 1 N–H and O–H groups in total. The first-order chi connectivity index (χ1) is 11.4. The minimum atomic E-state index is -3.97. The van der Waals surface area contributed by atoms with Crippen molar-refractivity contribution >= 4 is 21.6 Å². The zero-order chi connectivity index (χ0) is 17.6. The highest BCUT2D eigenvalue weighted by Gasteiger charge is 2.29. The summed E-state index contributed by atoms with van der Waals surface area (Å²) in [6.07, 6.45) is 6.27. The number of carbonyl (C=O) groups excluding carboxylic acids is 1. The molecule has 0 saturated carbocycles. The maximum Gasteiger partial charge on any atom is 0.248 e. The van der Waals surface area contributed by atoms with E-state index in [0.29, 0.717) is 0 Å². The monoisotopic (exact) mass is 354 g/mol. The number of benzene rings is 1. The molecule has 1 saturated heterocycles. The molecule has 0 radical (unpaired) electrons. The lowest BCUT2D eigenvalue weighted by Crippen LogP contribution is -2.40. The molecule has 1 aliphatic rings. The number of carbonyl (C=O) groups is 1. The Labute approximate surface area is 140 Å². The zero-order valence-electron chi connectivity index (χ0n) is 13.2. The molecule has 0 spiro atoms. The second kappa shape index (κ2) is 8.18. The second-order valence-electron chi connectivity index (χ2n) is 5.04. The minimum Gasteiger partial charge on any atom is -0.379 e. The van der Waals surface area contributed by atoms with Crippen LogP contribution in [0.5, 0.6) is 0 Å². The summed E-state index contributed by atoms with van der Waals surface area (Å²) in [6, 6.07) is 3.47. The molecule has 1 amide bonds. The first-order valence-corrected chi connectivity index (χ1v) is 8.87. The number of morpholine rings is 1. The lowest BCUT2D eigenvalue weighted by atomic mass is 10.3. The van der Waals surface area contributed by atoms with Gasteiger partial charge in [0, 0.05) is 24.9 Å². The molecule has 0 aliphatic carbocycles. The third-order valence-corrected chi connectivity index (χ3v) is 5.25. The molecule has 1 aliphatic heterocycles. The molecule has 0 aromatic heterocycles. The van der Waals surface area contributed by atoms with E-state index in [-0.39, 0.29) is 32.0 Å². The van der Waals surface area contributed by atoms with Gasteiger partial charge in [0.2, 0.25) is 15.9 Å². The summed E-state index contributed by atoms with van der Waals surface area (Å²) in [4.78, 5) is 11.3. The standard InChI is InChI=1S/C16H19FN2O4S/c1-2-3-4-5-16(20)18-13-6-7-14(17)15(12-13)24(21,22)19-8-10-23-11-9-19/h2-7,12H,8-11H2,1H3,(H,18,20)/b3-2+,5-4+. The van der Waals surface area contributed by atoms with Crippen LogP contribution in [-0.4, -0.2) is 44.9 Å². The average Bonchev–Trinajstić information content (AvgIpc) is 2.57. The maximum absolute atomic E-state index is 14.0. The highest BCUT2D eigenvalue weighted by molar-refractivity contribution is 7.89. The Kier molecular flexibility index (Phi) is 6.24. The molecule has 6 nitrogen and oxygen atoms in total. The summed E-state index contributed by atoms with van der Waals surface area (Å²) in [6.45, 7) is 2.69. The average molecular weight is 354 g/mol. The molecule has 2 rings (SSSR count). The van der Waals surface area contributed by atoms with E-state index in [1.807, 2.05) is 6.92 Å². The van der Waals surface area contributed by atoms with Crippen LogP contribution in [0, 0.1) is 5.82 Å². The van der Waals surface area contributed by atoms with Crippen molar-refractivity contribution in [2.24, 2.45) is 0 Å². The van der Waals surface area contributed by atoms with Crippen LogP contribution in [-0.2, 0) is 19.6 Å². The lowest BCUT2D eigenvalue weighted by Gasteiger charge is -2.26. The van der Waals surface area contributed by atoms with Gasteiger partial charge < -0.3 is 10.1 Å². The van der Waals surface area contributed by atoms with E-state index in [4.69, 9.17) is 4.74 Å². The van der Waals surface area contributed by atoms with Gasteiger partial charge in [-0.15, -0.1) is 0 Å². The van der Waals surface area contributed by atoms with Crippen LogP contribution in [0.4, 0.5) is 10.1 Å². The van der Waals surface area contributed by atoms with Gasteiger partial charge in [-0.05, 0) is 25.1 Å². The summed E-state index contributed by atoms with van der Waals surface area (Å²) < 4.78 is 45.4. The van der Waals surface area contributed by atoms with E-state index in [0.717, 1.165) is 12.1 Å². The van der Waals surface area contributed by atoms with Crippen LogP contribution < -0.4 is 5.32 Å². The number of amides is 1. The Hall–Kier alpha value is -2.03. The van der Waals surface area contributed by atoms with Crippen LogP contribution in [0.15, 0.2) is 47.4 Å². The maximum atomic E-state index is 14.0. The Balaban J connectivity index is 2.23. The summed E-state index contributed by atoms with van der Waals surface area (Å²) in [5, 5.41) is 2.51. The molecular weight excluding hydrogens is 335 g/mol. The summed E-state index contributed by atoms with van der Waals surface area (Å²) in [7, 11) is -3.97. The minimum absolute atomic E-state index is 0.171. The number of nitrogens with zero attached hydrogens (tertiary/aromatic N) is 1. The van der Waals surface area contributed by atoms with Crippen molar-refractivity contribution in [3.8, 4) is 0 Å². The molecular formula is C16H19FN2O4S. The Morgan fingerprint density at radius 3 is 2.67 bits per heavy atom. The third kappa shape index (κ3) is 4.50. The quantitative estimate of drug-likeness (QED) is 0.647. The van der Waals surface area contributed by atoms with Crippen molar-refractivity contribution < 1.29 is 22.3 Å². The first-order valence-electron chi connectivity index (χ1n) is 7.43. The van der Waals surface area contributed by atoms with Crippen molar-refractivity contribution in [1.29, 1.82) is 0 Å². The third-order valence-electron chi connectivity index (χ3n) is 3.34. The van der Waals surface area contributed by atoms with Gasteiger partial charge in [0.15, 0.2) is 0 Å². The van der Waals surface area contributed by atoms with Crippen molar-refractivity contribution in [2.45, 2.75) is 11.8 Å². The Bertz CT molecular complexity index is 753. The van der Waals surface area contributed by atoms with E-state index in [1.54, 1.807) is 18.2 Å². The van der Waals surface area contributed by atoms with Gasteiger partial charge >= 0.3 is 0 Å². The summed E-state index contributed by atoms with van der Waals surface area (Å²) in [5.74, 6) is -1.29. The zero-order valence-corrected chi connectivity index (χ0v) is 14.1. The van der Waals surface area contributed by atoms with Gasteiger partial charge in [0.05, 0.1) is 13.2 Å². The van der Waals surface area contributed by atoms with Gasteiger partial charge in [-0.3, -0.25) is 4.79 Å². The van der Waals surface area contributed by atoms with E-state index >= 15 is 0 Å². The smallest absolute Gasteiger partial charge is 0.248 e. The number of nitrogens with one attached hydrogen (secondary N) is 1. The first kappa shape index (κ1) is 18.3. The number of ether oxygens (including phenoxy) is 1. The molecule has 130 valence electrons. The number of hydrogen-bond acceptors (Lipinski definition) is 4. The number of sulfonamides is 1. The van der Waals surface area contributed by atoms with Gasteiger partial charge in [-0.25, -0.2) is 12.8 Å². The number of rotatable bonds is 5. The Morgan fingerprint density at radius 1 is 1.29 bits per heavy atom. The Morgan fingerprint density at radius 2 is 2.00 bits per heavy atom. The molecule has 0 unspecified atom stereocenters. The predicted molar refractivity (Wildman–Crippen MR) is 88.6 cm³/mol. The van der Waals surface area contributed by atoms with Crippen LogP contribution in [0.25, 0.3) is 0 Å². The summed E-state index contributed by atoms with van der Waals surface area (Å²) in [5.41, 5.74) is 0.207. The fourth-order valence-corrected chi connectivity index (χ4v) is 3.64. The number of hydrogen-bond donors (Lipinski definition) is 1. The molecule has 1 aromatic carbocycles. The highest BCUT2D eigenvalue weighted by atomic mass is 32.2. The molecule has 1 heterocycles. The second-order valence-corrected chi connectivity index (χ2v) is 6.94. The van der Waals surface area contributed by atoms with Gasteiger partial charge in [-0.1, -0.05) is 18.2 Å². The van der Waals surface area contributed by atoms with E-state index in [2.05, 4.69) is 5.32 Å². The lowest BCUT2D eigenvalue weighted by molar-refractivity contribution is -0.111. The molecule has 8 heteroatoms. The van der Waals surface area contributed by atoms with Gasteiger partial charge in [0.25, 0.3) is 0 Å².